The Morgan fingerprint density at radius 2 is 2.21 bits per heavy atom. The molecule has 1 aromatic carbocycles. The lowest BCUT2D eigenvalue weighted by Gasteiger charge is -2.28. The van der Waals surface area contributed by atoms with E-state index in [9.17, 15) is 4.79 Å². The zero-order valence-electron chi connectivity index (χ0n) is 15.6. The molecule has 0 spiro atoms. The van der Waals surface area contributed by atoms with E-state index in [0.717, 1.165) is 31.2 Å². The molecule has 1 amide bonds. The summed E-state index contributed by atoms with van der Waals surface area (Å²) in [7, 11) is 1.82. The summed E-state index contributed by atoms with van der Waals surface area (Å²) >= 11 is 0. The third kappa shape index (κ3) is 3.51. The second-order valence-electron chi connectivity index (χ2n) is 6.92. The van der Waals surface area contributed by atoms with Crippen LogP contribution in [0.3, 0.4) is 0 Å². The van der Waals surface area contributed by atoms with Crippen LogP contribution >= 0.6 is 0 Å². The summed E-state index contributed by atoms with van der Waals surface area (Å²) in [5.41, 5.74) is 1.71. The summed E-state index contributed by atoms with van der Waals surface area (Å²) in [6.45, 7) is 0.622. The fourth-order valence-corrected chi connectivity index (χ4v) is 3.53. The molecule has 2 aromatic heterocycles. The van der Waals surface area contributed by atoms with Gasteiger partial charge in [0, 0.05) is 25.4 Å². The number of nitrogens with zero attached hydrogens (tertiary/aromatic N) is 6. The van der Waals surface area contributed by atoms with Crippen LogP contribution in [0.5, 0.6) is 0 Å². The van der Waals surface area contributed by atoms with Gasteiger partial charge in [0.2, 0.25) is 0 Å². The minimum Gasteiger partial charge on any atom is -0.334 e. The molecule has 142 valence electrons. The largest absolute Gasteiger partial charge is 0.334 e. The number of hydrogen-bond donors (Lipinski definition) is 0. The summed E-state index contributed by atoms with van der Waals surface area (Å²) in [5.74, 6) is 0.786. The number of carbonyl (C=O) groups excluding carboxylic acids is 1. The number of likely N-dealkylation sites (tertiary alicyclic amines) is 1. The number of nitriles is 1. The Kier molecular flexibility index (Phi) is 4.89. The Bertz CT molecular complexity index is 1030. The normalized spacial score (nSPS) is 17.1. The van der Waals surface area contributed by atoms with E-state index in [1.54, 1.807) is 46.2 Å². The third-order valence-corrected chi connectivity index (χ3v) is 4.94. The predicted octanol–water partition coefficient (Wildman–Crippen LogP) is 3.10. The summed E-state index contributed by atoms with van der Waals surface area (Å²) < 4.78 is 7.10. The Balaban J connectivity index is 1.65. The molecular formula is C20H20N6O2. The fourth-order valence-electron chi connectivity index (χ4n) is 3.53. The number of rotatable bonds is 3. The van der Waals surface area contributed by atoms with Crippen LogP contribution in [0.1, 0.15) is 53.5 Å². The van der Waals surface area contributed by atoms with E-state index in [1.807, 2.05) is 7.05 Å². The zero-order valence-corrected chi connectivity index (χ0v) is 15.6. The van der Waals surface area contributed by atoms with Crippen LogP contribution in [-0.4, -0.2) is 37.3 Å². The van der Waals surface area contributed by atoms with E-state index in [2.05, 4.69) is 21.3 Å². The predicted molar refractivity (Wildman–Crippen MR) is 99.9 cm³/mol. The van der Waals surface area contributed by atoms with Gasteiger partial charge in [-0.25, -0.2) is 0 Å². The average molecular weight is 376 g/mol. The lowest BCUT2D eigenvalue weighted by atomic mass is 10.1. The second-order valence-corrected chi connectivity index (χ2v) is 6.92. The second kappa shape index (κ2) is 7.64. The highest BCUT2D eigenvalue weighted by atomic mass is 16.5. The quantitative estimate of drug-likeness (QED) is 0.696. The summed E-state index contributed by atoms with van der Waals surface area (Å²) in [4.78, 5) is 19.6. The highest BCUT2D eigenvalue weighted by Crippen LogP contribution is 2.31. The zero-order chi connectivity index (χ0) is 19.5. The van der Waals surface area contributed by atoms with Crippen LogP contribution in [0.25, 0.3) is 11.5 Å². The molecule has 1 aliphatic rings. The van der Waals surface area contributed by atoms with Crippen molar-refractivity contribution >= 4 is 5.91 Å². The van der Waals surface area contributed by atoms with E-state index in [-0.39, 0.29) is 11.9 Å². The van der Waals surface area contributed by atoms with Gasteiger partial charge in [-0.2, -0.15) is 15.3 Å². The molecule has 8 heteroatoms. The van der Waals surface area contributed by atoms with Gasteiger partial charge in [0.1, 0.15) is 0 Å². The molecule has 1 fully saturated rings. The van der Waals surface area contributed by atoms with E-state index >= 15 is 0 Å². The number of carbonyl (C=O) groups is 1. The monoisotopic (exact) mass is 376 g/mol. The first kappa shape index (κ1) is 17.9. The lowest BCUT2D eigenvalue weighted by molar-refractivity contribution is 0.0670. The Hall–Kier alpha value is -3.47. The van der Waals surface area contributed by atoms with Gasteiger partial charge < -0.3 is 9.42 Å². The van der Waals surface area contributed by atoms with E-state index in [0.29, 0.717) is 29.4 Å². The van der Waals surface area contributed by atoms with Gasteiger partial charge in [-0.05, 0) is 31.0 Å². The van der Waals surface area contributed by atoms with Crippen molar-refractivity contribution < 1.29 is 9.32 Å². The molecule has 0 aliphatic carbocycles. The highest BCUT2D eigenvalue weighted by Gasteiger charge is 2.31. The van der Waals surface area contributed by atoms with Crippen LogP contribution in [0, 0.1) is 11.3 Å². The molecular weight excluding hydrogens is 356 g/mol. The van der Waals surface area contributed by atoms with Crippen molar-refractivity contribution in [3.63, 3.8) is 0 Å². The van der Waals surface area contributed by atoms with Gasteiger partial charge in [0.05, 0.1) is 29.4 Å². The van der Waals surface area contributed by atoms with Gasteiger partial charge in [0.15, 0.2) is 5.82 Å². The van der Waals surface area contributed by atoms with E-state index in [1.165, 1.54) is 0 Å². The van der Waals surface area contributed by atoms with Gasteiger partial charge >= 0.3 is 0 Å². The SMILES string of the molecule is Cn1cc(-c2nc([C@@H]3CCCCCN3C(=O)c3cccc(C#N)c3)no2)cn1. The van der Waals surface area contributed by atoms with Gasteiger partial charge in [-0.3, -0.25) is 9.48 Å². The third-order valence-electron chi connectivity index (χ3n) is 4.94. The van der Waals surface area contributed by atoms with Crippen molar-refractivity contribution in [1.82, 2.24) is 24.8 Å². The fraction of sp³-hybridized carbons (Fsp3) is 0.350. The summed E-state index contributed by atoms with van der Waals surface area (Å²) in [6.07, 6.45) is 7.21. The van der Waals surface area contributed by atoms with Crippen molar-refractivity contribution in [2.75, 3.05) is 6.54 Å². The molecule has 3 heterocycles. The number of amides is 1. The molecule has 8 nitrogen and oxygen atoms in total. The minimum absolute atomic E-state index is 0.114. The van der Waals surface area contributed by atoms with Crippen LogP contribution in [0.2, 0.25) is 0 Å². The van der Waals surface area contributed by atoms with Crippen molar-refractivity contribution in [3.05, 3.63) is 53.6 Å². The Labute approximate surface area is 162 Å². The first-order valence-electron chi connectivity index (χ1n) is 9.29. The van der Waals surface area contributed by atoms with Gasteiger partial charge in [0.25, 0.3) is 11.8 Å². The number of aryl methyl sites for hydroxylation is 1. The molecule has 4 rings (SSSR count). The molecule has 0 unspecified atom stereocenters. The number of benzene rings is 1. The highest BCUT2D eigenvalue weighted by molar-refractivity contribution is 5.94. The van der Waals surface area contributed by atoms with Crippen LogP contribution < -0.4 is 0 Å². The first-order chi connectivity index (χ1) is 13.7. The Morgan fingerprint density at radius 3 is 3.00 bits per heavy atom. The average Bonchev–Trinajstić information content (AvgIpc) is 3.30. The standard InChI is InChI=1S/C20H20N6O2/c1-25-13-16(12-22-25)19-23-18(24-28-19)17-8-3-2-4-9-26(17)20(27)15-7-5-6-14(10-15)11-21/h5-7,10,12-13,17H,2-4,8-9H2,1H3/t17-/m0/s1. The van der Waals surface area contributed by atoms with Crippen LogP contribution in [0.4, 0.5) is 0 Å². The molecule has 0 saturated carbocycles. The summed E-state index contributed by atoms with van der Waals surface area (Å²) in [5, 5.41) is 17.4. The van der Waals surface area contributed by atoms with E-state index in [4.69, 9.17) is 9.78 Å². The Morgan fingerprint density at radius 1 is 1.32 bits per heavy atom. The molecule has 1 atom stereocenters. The number of aromatic nitrogens is 4. The maximum atomic E-state index is 13.2. The van der Waals surface area contributed by atoms with Gasteiger partial charge in [-0.15, -0.1) is 0 Å². The molecule has 0 N–H and O–H groups in total. The first-order valence-corrected chi connectivity index (χ1v) is 9.29. The van der Waals surface area contributed by atoms with Crippen LogP contribution in [-0.2, 0) is 7.05 Å². The van der Waals surface area contributed by atoms with Crippen molar-refractivity contribution in [1.29, 1.82) is 5.26 Å². The maximum absolute atomic E-state index is 13.2. The van der Waals surface area contributed by atoms with Gasteiger partial charge in [-0.1, -0.05) is 24.1 Å². The molecule has 1 aliphatic heterocycles. The lowest BCUT2D eigenvalue weighted by Crippen LogP contribution is -2.35. The minimum atomic E-state index is -0.255. The van der Waals surface area contributed by atoms with Crippen molar-refractivity contribution in [2.45, 2.75) is 31.7 Å². The molecule has 1 saturated heterocycles. The molecule has 0 radical (unpaired) electrons. The van der Waals surface area contributed by atoms with E-state index < -0.39 is 0 Å². The topological polar surface area (TPSA) is 101 Å². The molecule has 3 aromatic rings. The van der Waals surface area contributed by atoms with Crippen molar-refractivity contribution in [3.8, 4) is 17.5 Å². The number of hydrogen-bond acceptors (Lipinski definition) is 6. The smallest absolute Gasteiger partial charge is 0.261 e. The van der Waals surface area contributed by atoms with Crippen molar-refractivity contribution in [2.24, 2.45) is 7.05 Å². The molecule has 28 heavy (non-hydrogen) atoms. The summed E-state index contributed by atoms with van der Waals surface area (Å²) in [6, 6.07) is 8.62. The maximum Gasteiger partial charge on any atom is 0.261 e. The molecule has 0 bridgehead atoms. The van der Waals surface area contributed by atoms with Crippen LogP contribution in [0.15, 0.2) is 41.2 Å².